The minimum atomic E-state index is 0.256. The second kappa shape index (κ2) is 8.23. The van der Waals surface area contributed by atoms with Gasteiger partial charge in [-0.05, 0) is 63.2 Å². The molecule has 0 amide bonds. The number of aliphatic hydroxyl groups excluding tert-OH is 1. The van der Waals surface area contributed by atoms with Crippen LogP contribution in [0.1, 0.15) is 53.4 Å². The second-order valence-electron chi connectivity index (χ2n) is 7.06. The number of nitrogens with zero attached hydrogens (tertiary/aromatic N) is 1. The molecule has 2 N–H and O–H groups in total. The Bertz CT molecular complexity index is 237. The Morgan fingerprint density at radius 2 is 2.00 bits per heavy atom. The van der Waals surface area contributed by atoms with E-state index < -0.39 is 0 Å². The van der Waals surface area contributed by atoms with Crippen molar-refractivity contribution in [2.24, 2.45) is 11.3 Å². The Morgan fingerprint density at radius 3 is 2.58 bits per heavy atom. The van der Waals surface area contributed by atoms with Gasteiger partial charge in [0.15, 0.2) is 0 Å². The van der Waals surface area contributed by atoms with Crippen LogP contribution in [0.3, 0.4) is 0 Å². The van der Waals surface area contributed by atoms with Gasteiger partial charge in [-0.25, -0.2) is 0 Å². The van der Waals surface area contributed by atoms with E-state index in [1.54, 1.807) is 0 Å². The zero-order chi connectivity index (χ0) is 14.3. The highest BCUT2D eigenvalue weighted by atomic mass is 16.3. The molecule has 1 heterocycles. The first kappa shape index (κ1) is 16.9. The lowest BCUT2D eigenvalue weighted by Crippen LogP contribution is -2.37. The monoisotopic (exact) mass is 270 g/mol. The number of likely N-dealkylation sites (N-methyl/N-ethyl adjacent to an activating group) is 1. The molecular formula is C16H34N2O. The van der Waals surface area contributed by atoms with Crippen LogP contribution in [0.25, 0.3) is 0 Å². The lowest BCUT2D eigenvalue weighted by molar-refractivity contribution is 0.195. The Balaban J connectivity index is 2.33. The zero-order valence-corrected chi connectivity index (χ0v) is 13.4. The van der Waals surface area contributed by atoms with E-state index >= 15 is 0 Å². The van der Waals surface area contributed by atoms with Crippen molar-refractivity contribution in [2.75, 3.05) is 32.8 Å². The summed E-state index contributed by atoms with van der Waals surface area (Å²) in [5.41, 5.74) is 0.452. The molecule has 0 aromatic rings. The molecule has 1 fully saturated rings. The summed E-state index contributed by atoms with van der Waals surface area (Å²) in [5.74, 6) is 0.861. The van der Waals surface area contributed by atoms with Crippen LogP contribution in [0.2, 0.25) is 0 Å². The molecule has 19 heavy (non-hydrogen) atoms. The van der Waals surface area contributed by atoms with Crippen molar-refractivity contribution in [2.45, 2.75) is 59.4 Å². The summed E-state index contributed by atoms with van der Waals surface area (Å²) in [6.45, 7) is 14.0. The first-order valence-electron chi connectivity index (χ1n) is 8.04. The van der Waals surface area contributed by atoms with E-state index in [9.17, 15) is 5.11 Å². The highest BCUT2D eigenvalue weighted by Crippen LogP contribution is 2.34. The van der Waals surface area contributed by atoms with Crippen molar-refractivity contribution in [1.82, 2.24) is 10.2 Å². The Labute approximate surface area is 119 Å². The van der Waals surface area contributed by atoms with Gasteiger partial charge >= 0.3 is 0 Å². The molecule has 1 rings (SSSR count). The highest BCUT2D eigenvalue weighted by molar-refractivity contribution is 4.79. The average molecular weight is 270 g/mol. The molecule has 1 aliphatic rings. The molecular weight excluding hydrogens is 236 g/mol. The van der Waals surface area contributed by atoms with Crippen molar-refractivity contribution >= 4 is 0 Å². The molecule has 3 heteroatoms. The summed E-state index contributed by atoms with van der Waals surface area (Å²) in [5, 5.41) is 12.7. The van der Waals surface area contributed by atoms with Gasteiger partial charge in [-0.15, -0.1) is 0 Å². The number of rotatable bonds is 6. The summed E-state index contributed by atoms with van der Waals surface area (Å²) >= 11 is 0. The summed E-state index contributed by atoms with van der Waals surface area (Å²) in [6, 6.07) is 0.270. The summed E-state index contributed by atoms with van der Waals surface area (Å²) in [6.07, 6.45) is 5.09. The topological polar surface area (TPSA) is 35.5 Å². The molecule has 0 saturated carbocycles. The van der Waals surface area contributed by atoms with Crippen LogP contribution < -0.4 is 5.32 Å². The third kappa shape index (κ3) is 6.24. The maximum atomic E-state index is 9.31. The molecule has 0 radical (unpaired) electrons. The molecule has 2 atom stereocenters. The molecule has 114 valence electrons. The number of likely N-dealkylation sites (tertiary alicyclic amines) is 1. The van der Waals surface area contributed by atoms with Crippen LogP contribution in [-0.2, 0) is 0 Å². The van der Waals surface area contributed by atoms with Crippen molar-refractivity contribution in [1.29, 1.82) is 0 Å². The van der Waals surface area contributed by atoms with Crippen LogP contribution in [-0.4, -0.2) is 48.8 Å². The Morgan fingerprint density at radius 1 is 1.26 bits per heavy atom. The minimum absolute atomic E-state index is 0.256. The van der Waals surface area contributed by atoms with Gasteiger partial charge in [-0.3, -0.25) is 0 Å². The molecule has 1 aliphatic heterocycles. The predicted molar refractivity (Wildman–Crippen MR) is 82.4 cm³/mol. The fraction of sp³-hybridized carbons (Fsp3) is 1.00. The lowest BCUT2D eigenvalue weighted by Gasteiger charge is -2.30. The van der Waals surface area contributed by atoms with Crippen LogP contribution in [0.4, 0.5) is 0 Å². The van der Waals surface area contributed by atoms with Gasteiger partial charge in [0, 0.05) is 6.04 Å². The first-order chi connectivity index (χ1) is 8.97. The number of aliphatic hydroxyl groups is 1. The van der Waals surface area contributed by atoms with Gasteiger partial charge < -0.3 is 15.3 Å². The Kier molecular flexibility index (Phi) is 7.33. The number of hydrogen-bond acceptors (Lipinski definition) is 3. The van der Waals surface area contributed by atoms with Crippen LogP contribution in [0, 0.1) is 11.3 Å². The smallest absolute Gasteiger partial charge is 0.0585 e. The van der Waals surface area contributed by atoms with E-state index in [4.69, 9.17) is 0 Å². The van der Waals surface area contributed by atoms with E-state index in [1.165, 1.54) is 32.4 Å². The molecule has 2 unspecified atom stereocenters. The molecule has 0 aromatic carbocycles. The number of hydrogen-bond donors (Lipinski definition) is 2. The van der Waals surface area contributed by atoms with Gasteiger partial charge in [0.2, 0.25) is 0 Å². The second-order valence-corrected chi connectivity index (χ2v) is 7.06. The summed E-state index contributed by atoms with van der Waals surface area (Å²) in [4.78, 5) is 2.59. The van der Waals surface area contributed by atoms with E-state index in [1.807, 2.05) is 0 Å². The number of nitrogens with one attached hydrogen (secondary N) is 1. The molecule has 0 aromatic heterocycles. The van der Waals surface area contributed by atoms with Crippen molar-refractivity contribution in [3.05, 3.63) is 0 Å². The van der Waals surface area contributed by atoms with Gasteiger partial charge in [0.05, 0.1) is 6.61 Å². The third-order valence-electron chi connectivity index (χ3n) is 4.55. The molecule has 0 bridgehead atoms. The maximum absolute atomic E-state index is 9.31. The van der Waals surface area contributed by atoms with E-state index in [-0.39, 0.29) is 12.6 Å². The normalized spacial score (nSPS) is 24.2. The van der Waals surface area contributed by atoms with Crippen molar-refractivity contribution < 1.29 is 5.11 Å². The fourth-order valence-electron chi connectivity index (χ4n) is 3.13. The van der Waals surface area contributed by atoms with E-state index in [0.717, 1.165) is 25.4 Å². The van der Waals surface area contributed by atoms with E-state index in [0.29, 0.717) is 5.41 Å². The molecule has 0 aliphatic carbocycles. The zero-order valence-electron chi connectivity index (χ0n) is 13.4. The molecule has 3 nitrogen and oxygen atoms in total. The highest BCUT2D eigenvalue weighted by Gasteiger charge is 2.26. The van der Waals surface area contributed by atoms with Crippen molar-refractivity contribution in [3.63, 3.8) is 0 Å². The summed E-state index contributed by atoms with van der Waals surface area (Å²) in [7, 11) is 0. The Hall–Kier alpha value is -0.120. The SMILES string of the molecule is CCNC(CO)CCN1CCCC(C(C)(C)C)CC1. The van der Waals surface area contributed by atoms with Crippen molar-refractivity contribution in [3.8, 4) is 0 Å². The first-order valence-corrected chi connectivity index (χ1v) is 8.04. The quantitative estimate of drug-likeness (QED) is 0.778. The largest absolute Gasteiger partial charge is 0.395 e. The predicted octanol–water partition coefficient (Wildman–Crippen LogP) is 2.50. The van der Waals surface area contributed by atoms with Gasteiger partial charge in [0.25, 0.3) is 0 Å². The van der Waals surface area contributed by atoms with Crippen LogP contribution in [0.15, 0.2) is 0 Å². The van der Waals surface area contributed by atoms with Gasteiger partial charge in [-0.2, -0.15) is 0 Å². The standard InChI is InChI=1S/C16H34N2O/c1-5-17-15(13-19)9-12-18-10-6-7-14(8-11-18)16(2,3)4/h14-15,17,19H,5-13H2,1-4H3. The molecule has 1 saturated heterocycles. The minimum Gasteiger partial charge on any atom is -0.395 e. The summed E-state index contributed by atoms with van der Waals surface area (Å²) < 4.78 is 0. The van der Waals surface area contributed by atoms with Crippen LogP contribution >= 0.6 is 0 Å². The maximum Gasteiger partial charge on any atom is 0.0585 e. The molecule has 0 spiro atoms. The van der Waals surface area contributed by atoms with Crippen LogP contribution in [0.5, 0.6) is 0 Å². The fourth-order valence-corrected chi connectivity index (χ4v) is 3.13. The third-order valence-corrected chi connectivity index (χ3v) is 4.55. The van der Waals surface area contributed by atoms with Gasteiger partial charge in [0.1, 0.15) is 0 Å². The van der Waals surface area contributed by atoms with Gasteiger partial charge in [-0.1, -0.05) is 27.7 Å². The average Bonchev–Trinajstić information content (AvgIpc) is 2.59. The van der Waals surface area contributed by atoms with E-state index in [2.05, 4.69) is 37.9 Å². The lowest BCUT2D eigenvalue weighted by atomic mass is 9.77.